The Morgan fingerprint density at radius 1 is 1.12 bits per heavy atom. The van der Waals surface area contributed by atoms with Gasteiger partial charge in [-0.05, 0) is 25.1 Å². The maximum Gasteiger partial charge on any atom is 0.152 e. The van der Waals surface area contributed by atoms with Gasteiger partial charge in [0.15, 0.2) is 5.84 Å². The summed E-state index contributed by atoms with van der Waals surface area (Å²) in [4.78, 5) is 3.37. The topological polar surface area (TPSA) is 64.0 Å². The van der Waals surface area contributed by atoms with E-state index in [-0.39, 0.29) is 5.82 Å². The molecule has 3 aromatic rings. The maximum atomic E-state index is 13.4. The zero-order valence-corrected chi connectivity index (χ0v) is 14.6. The van der Waals surface area contributed by atoms with E-state index in [0.29, 0.717) is 18.0 Å². The van der Waals surface area contributed by atoms with E-state index in [1.807, 2.05) is 38.1 Å². The lowest BCUT2D eigenvalue weighted by atomic mass is 9.93. The van der Waals surface area contributed by atoms with Crippen molar-refractivity contribution in [3.63, 3.8) is 0 Å². The molecule has 0 spiro atoms. The van der Waals surface area contributed by atoms with Gasteiger partial charge in [0.25, 0.3) is 0 Å². The molecule has 132 valence electrons. The Labute approximate surface area is 150 Å². The van der Waals surface area contributed by atoms with Gasteiger partial charge in [-0.3, -0.25) is 5.21 Å². The monoisotopic (exact) mass is 350 g/mol. The minimum absolute atomic E-state index is 0.316. The summed E-state index contributed by atoms with van der Waals surface area (Å²) in [5, 5.41) is 21.6. The number of para-hydroxylation sites is 1. The minimum Gasteiger partial charge on any atom is -0.358 e. The predicted octanol–water partition coefficient (Wildman–Crippen LogP) is 4.57. The molecule has 0 fully saturated rings. The standard InChI is InChI=1S/C20H19FN4O/c1-3-17-23-24-19(13-8-10-14(21)11-9-13)20(25(17)26)18-12(2)22-16-7-5-4-6-15(16)18/h4-11,20,22,26H,3H2,1-2H3/t20-/m1/s1. The second-order valence-corrected chi connectivity index (χ2v) is 6.32. The molecule has 0 amide bonds. The number of H-pyrrole nitrogens is 1. The summed E-state index contributed by atoms with van der Waals surface area (Å²) < 4.78 is 13.4. The summed E-state index contributed by atoms with van der Waals surface area (Å²) in [6.07, 6.45) is 0.550. The summed E-state index contributed by atoms with van der Waals surface area (Å²) in [7, 11) is 0. The second-order valence-electron chi connectivity index (χ2n) is 6.32. The number of hydroxylamine groups is 2. The van der Waals surface area contributed by atoms with Crippen LogP contribution in [0.5, 0.6) is 0 Å². The molecule has 26 heavy (non-hydrogen) atoms. The number of hydrogen-bond acceptors (Lipinski definition) is 4. The number of aryl methyl sites for hydroxylation is 1. The fourth-order valence-corrected chi connectivity index (χ4v) is 3.46. The van der Waals surface area contributed by atoms with Crippen molar-refractivity contribution in [3.05, 3.63) is 71.2 Å². The molecule has 1 aromatic heterocycles. The molecule has 1 aliphatic heterocycles. The van der Waals surface area contributed by atoms with Gasteiger partial charge in [-0.1, -0.05) is 37.3 Å². The third kappa shape index (κ3) is 2.59. The second kappa shape index (κ2) is 6.38. The minimum atomic E-state index is -0.524. The third-order valence-corrected chi connectivity index (χ3v) is 4.71. The fraction of sp³-hybridized carbons (Fsp3) is 0.200. The van der Waals surface area contributed by atoms with E-state index in [1.165, 1.54) is 17.2 Å². The number of aromatic nitrogens is 1. The van der Waals surface area contributed by atoms with E-state index in [1.54, 1.807) is 12.1 Å². The zero-order chi connectivity index (χ0) is 18.3. The molecular formula is C20H19FN4O. The summed E-state index contributed by atoms with van der Waals surface area (Å²) in [5.41, 5.74) is 4.18. The van der Waals surface area contributed by atoms with Crippen LogP contribution in [0, 0.1) is 12.7 Å². The highest BCUT2D eigenvalue weighted by molar-refractivity contribution is 6.09. The van der Waals surface area contributed by atoms with E-state index in [0.717, 1.165) is 27.7 Å². The molecule has 1 aliphatic rings. The van der Waals surface area contributed by atoms with Crippen LogP contribution in [0.1, 0.15) is 36.2 Å². The summed E-state index contributed by atoms with van der Waals surface area (Å²) in [5.74, 6) is 0.175. The average Bonchev–Trinajstić information content (AvgIpc) is 2.98. The van der Waals surface area contributed by atoms with Crippen molar-refractivity contribution in [2.75, 3.05) is 0 Å². The van der Waals surface area contributed by atoms with Crippen LogP contribution < -0.4 is 0 Å². The summed E-state index contributed by atoms with van der Waals surface area (Å²) >= 11 is 0. The van der Waals surface area contributed by atoms with E-state index in [2.05, 4.69) is 15.2 Å². The molecule has 4 rings (SSSR count). The molecule has 0 aliphatic carbocycles. The molecule has 0 saturated heterocycles. The molecule has 0 radical (unpaired) electrons. The van der Waals surface area contributed by atoms with Crippen LogP contribution in [0.15, 0.2) is 58.7 Å². The fourth-order valence-electron chi connectivity index (χ4n) is 3.46. The first-order valence-corrected chi connectivity index (χ1v) is 8.55. The number of amidine groups is 1. The zero-order valence-electron chi connectivity index (χ0n) is 14.6. The van der Waals surface area contributed by atoms with Crippen molar-refractivity contribution in [1.29, 1.82) is 0 Å². The molecule has 0 bridgehead atoms. The van der Waals surface area contributed by atoms with E-state index < -0.39 is 6.04 Å². The van der Waals surface area contributed by atoms with E-state index in [9.17, 15) is 9.60 Å². The normalized spacial score (nSPS) is 17.4. The molecule has 1 atom stereocenters. The van der Waals surface area contributed by atoms with Gasteiger partial charge in [-0.25, -0.2) is 9.45 Å². The van der Waals surface area contributed by atoms with Gasteiger partial charge in [-0.15, -0.1) is 5.10 Å². The summed E-state index contributed by atoms with van der Waals surface area (Å²) in [6.45, 7) is 3.89. The Hall–Kier alpha value is -2.99. The van der Waals surface area contributed by atoms with E-state index in [4.69, 9.17) is 0 Å². The first-order chi connectivity index (χ1) is 12.6. The average molecular weight is 350 g/mol. The van der Waals surface area contributed by atoms with E-state index >= 15 is 0 Å². The lowest BCUT2D eigenvalue weighted by molar-refractivity contribution is -0.0373. The molecular weight excluding hydrogens is 331 g/mol. The van der Waals surface area contributed by atoms with Gasteiger partial charge in [0.05, 0.1) is 0 Å². The number of rotatable bonds is 3. The third-order valence-electron chi connectivity index (χ3n) is 4.71. The summed E-state index contributed by atoms with van der Waals surface area (Å²) in [6, 6.07) is 13.5. The van der Waals surface area contributed by atoms with Gasteiger partial charge < -0.3 is 4.98 Å². The number of aromatic amines is 1. The number of benzene rings is 2. The molecule has 6 heteroatoms. The van der Waals surface area contributed by atoms with Crippen molar-refractivity contribution >= 4 is 22.5 Å². The maximum absolute atomic E-state index is 13.4. The van der Waals surface area contributed by atoms with Gasteiger partial charge >= 0.3 is 0 Å². The van der Waals surface area contributed by atoms with Gasteiger partial charge in [0.2, 0.25) is 0 Å². The Morgan fingerprint density at radius 2 is 1.85 bits per heavy atom. The van der Waals surface area contributed by atoms with Crippen LogP contribution in [0.2, 0.25) is 0 Å². The molecule has 2 heterocycles. The Morgan fingerprint density at radius 3 is 2.58 bits per heavy atom. The largest absolute Gasteiger partial charge is 0.358 e. The molecule has 0 saturated carbocycles. The van der Waals surface area contributed by atoms with Crippen molar-refractivity contribution in [1.82, 2.24) is 10.0 Å². The first kappa shape index (κ1) is 16.5. The van der Waals surface area contributed by atoms with Crippen molar-refractivity contribution in [2.45, 2.75) is 26.3 Å². The highest BCUT2D eigenvalue weighted by Gasteiger charge is 2.34. The number of nitrogens with one attached hydrogen (secondary N) is 1. The van der Waals surface area contributed by atoms with Crippen molar-refractivity contribution < 1.29 is 9.60 Å². The molecule has 2 N–H and O–H groups in total. The number of fused-ring (bicyclic) bond motifs is 1. The molecule has 0 unspecified atom stereocenters. The first-order valence-electron chi connectivity index (χ1n) is 8.55. The van der Waals surface area contributed by atoms with Gasteiger partial charge in [0, 0.05) is 34.1 Å². The van der Waals surface area contributed by atoms with Crippen molar-refractivity contribution in [3.8, 4) is 0 Å². The highest BCUT2D eigenvalue weighted by Crippen LogP contribution is 2.35. The van der Waals surface area contributed by atoms with Gasteiger partial charge in [0.1, 0.15) is 17.6 Å². The quantitative estimate of drug-likeness (QED) is 0.726. The lowest BCUT2D eigenvalue weighted by Crippen LogP contribution is -2.39. The predicted molar refractivity (Wildman–Crippen MR) is 100 cm³/mol. The Bertz CT molecular complexity index is 1020. The van der Waals surface area contributed by atoms with Crippen molar-refractivity contribution in [2.24, 2.45) is 10.2 Å². The Balaban J connectivity index is 1.93. The highest BCUT2D eigenvalue weighted by atomic mass is 19.1. The lowest BCUT2D eigenvalue weighted by Gasteiger charge is -2.32. The van der Waals surface area contributed by atoms with Crippen LogP contribution in [-0.4, -0.2) is 26.8 Å². The van der Waals surface area contributed by atoms with Gasteiger partial charge in [-0.2, -0.15) is 5.10 Å². The number of nitrogens with zero attached hydrogens (tertiary/aromatic N) is 3. The molecule has 2 aromatic carbocycles. The molecule has 5 nitrogen and oxygen atoms in total. The smallest absolute Gasteiger partial charge is 0.152 e. The Kier molecular flexibility index (Phi) is 4.05. The van der Waals surface area contributed by atoms with Crippen LogP contribution in [0.3, 0.4) is 0 Å². The van der Waals surface area contributed by atoms with Crippen LogP contribution in [0.25, 0.3) is 10.9 Å². The van der Waals surface area contributed by atoms with Crippen LogP contribution in [-0.2, 0) is 0 Å². The SMILES string of the molecule is CCC1=NN=C(c2ccc(F)cc2)[C@@H](c2c(C)[nH]c3ccccc23)N1O. The number of hydrogen-bond donors (Lipinski definition) is 2. The van der Waals surface area contributed by atoms with Crippen LogP contribution >= 0.6 is 0 Å². The van der Waals surface area contributed by atoms with Crippen LogP contribution in [0.4, 0.5) is 4.39 Å². The number of halogens is 1.